The smallest absolute Gasteiger partial charge is 0.257 e. The molecule has 27 heavy (non-hydrogen) atoms. The highest BCUT2D eigenvalue weighted by Gasteiger charge is 2.24. The molecule has 0 spiro atoms. The summed E-state index contributed by atoms with van der Waals surface area (Å²) in [5, 5.41) is 9.14. The van der Waals surface area contributed by atoms with Crippen molar-refractivity contribution >= 4 is 28.5 Å². The van der Waals surface area contributed by atoms with Crippen molar-refractivity contribution in [2.75, 3.05) is 16.0 Å². The lowest BCUT2D eigenvalue weighted by atomic mass is 10.1. The molecule has 3 N–H and O–H groups in total. The SMILES string of the molecule is O=C1Nc2ccc(F)cc2C1=CNc1ccc(NCc2cccnc2)cc1. The van der Waals surface area contributed by atoms with Gasteiger partial charge in [-0.2, -0.15) is 0 Å². The van der Waals surface area contributed by atoms with Crippen molar-refractivity contribution in [2.24, 2.45) is 0 Å². The Kier molecular flexibility index (Phi) is 4.53. The van der Waals surface area contributed by atoms with Crippen molar-refractivity contribution < 1.29 is 9.18 Å². The molecule has 1 amide bonds. The first-order chi connectivity index (χ1) is 13.2. The maximum Gasteiger partial charge on any atom is 0.257 e. The third-order valence-electron chi connectivity index (χ3n) is 4.25. The molecule has 0 radical (unpaired) electrons. The van der Waals surface area contributed by atoms with E-state index in [1.807, 2.05) is 42.6 Å². The van der Waals surface area contributed by atoms with E-state index >= 15 is 0 Å². The summed E-state index contributed by atoms with van der Waals surface area (Å²) < 4.78 is 13.5. The second-order valence-electron chi connectivity index (χ2n) is 6.14. The summed E-state index contributed by atoms with van der Waals surface area (Å²) in [4.78, 5) is 16.2. The van der Waals surface area contributed by atoms with Crippen LogP contribution in [0.25, 0.3) is 5.57 Å². The number of rotatable bonds is 5. The van der Waals surface area contributed by atoms with Crippen LogP contribution < -0.4 is 16.0 Å². The Hall–Kier alpha value is -3.67. The largest absolute Gasteiger partial charge is 0.381 e. The molecular formula is C21H17FN4O. The normalized spacial score (nSPS) is 14.0. The molecule has 6 heteroatoms. The fourth-order valence-corrected chi connectivity index (χ4v) is 2.85. The zero-order chi connectivity index (χ0) is 18.6. The molecule has 0 atom stereocenters. The summed E-state index contributed by atoms with van der Waals surface area (Å²) in [7, 11) is 0. The van der Waals surface area contributed by atoms with Gasteiger partial charge in [0, 0.05) is 47.8 Å². The highest BCUT2D eigenvalue weighted by molar-refractivity contribution is 6.31. The number of nitrogens with one attached hydrogen (secondary N) is 3. The van der Waals surface area contributed by atoms with Gasteiger partial charge in [0.1, 0.15) is 5.82 Å². The van der Waals surface area contributed by atoms with Gasteiger partial charge >= 0.3 is 0 Å². The van der Waals surface area contributed by atoms with Gasteiger partial charge in [-0.1, -0.05) is 6.07 Å². The van der Waals surface area contributed by atoms with Crippen LogP contribution in [0.5, 0.6) is 0 Å². The standard InChI is InChI=1S/C21H17FN4O/c22-15-3-8-20-18(10-15)19(21(27)26-20)13-25-17-6-4-16(5-7-17)24-12-14-2-1-9-23-11-14/h1-11,13,24-25H,12H2,(H,26,27). The van der Waals surface area contributed by atoms with Crippen LogP contribution in [0.15, 0.2) is 73.2 Å². The molecule has 1 aromatic heterocycles. The summed E-state index contributed by atoms with van der Waals surface area (Å²) in [6.45, 7) is 0.688. The average molecular weight is 360 g/mol. The molecule has 5 nitrogen and oxygen atoms in total. The van der Waals surface area contributed by atoms with Crippen LogP contribution in [-0.2, 0) is 11.3 Å². The average Bonchev–Trinajstić information content (AvgIpc) is 3.01. The van der Waals surface area contributed by atoms with E-state index in [2.05, 4.69) is 20.9 Å². The summed E-state index contributed by atoms with van der Waals surface area (Å²) in [5.41, 5.74) is 4.48. The number of nitrogens with zero attached hydrogens (tertiary/aromatic N) is 1. The summed E-state index contributed by atoms with van der Waals surface area (Å²) in [6.07, 6.45) is 5.16. The first-order valence-corrected chi connectivity index (χ1v) is 8.50. The predicted octanol–water partition coefficient (Wildman–Crippen LogP) is 4.24. The van der Waals surface area contributed by atoms with Crippen LogP contribution in [0.3, 0.4) is 0 Å². The van der Waals surface area contributed by atoms with Gasteiger partial charge in [0.05, 0.1) is 5.57 Å². The molecule has 0 saturated carbocycles. The van der Waals surface area contributed by atoms with E-state index in [1.54, 1.807) is 18.5 Å². The van der Waals surface area contributed by atoms with E-state index in [-0.39, 0.29) is 11.7 Å². The van der Waals surface area contributed by atoms with Crippen LogP contribution in [-0.4, -0.2) is 10.9 Å². The number of fused-ring (bicyclic) bond motifs is 1. The third-order valence-corrected chi connectivity index (χ3v) is 4.25. The van der Waals surface area contributed by atoms with Gasteiger partial charge in [-0.25, -0.2) is 4.39 Å². The number of pyridine rings is 1. The number of aromatic nitrogens is 1. The number of hydrogen-bond donors (Lipinski definition) is 3. The molecule has 4 rings (SSSR count). The first-order valence-electron chi connectivity index (χ1n) is 8.50. The second-order valence-corrected chi connectivity index (χ2v) is 6.14. The van der Waals surface area contributed by atoms with Crippen molar-refractivity contribution in [3.8, 4) is 0 Å². The maximum absolute atomic E-state index is 13.5. The highest BCUT2D eigenvalue weighted by atomic mass is 19.1. The minimum Gasteiger partial charge on any atom is -0.381 e. The first kappa shape index (κ1) is 16.8. The Morgan fingerprint density at radius 3 is 2.67 bits per heavy atom. The zero-order valence-electron chi connectivity index (χ0n) is 14.4. The molecule has 1 aliphatic rings. The summed E-state index contributed by atoms with van der Waals surface area (Å²) in [6, 6.07) is 15.9. The number of amides is 1. The summed E-state index contributed by atoms with van der Waals surface area (Å²) in [5.74, 6) is -0.627. The fraction of sp³-hybridized carbons (Fsp3) is 0.0476. The van der Waals surface area contributed by atoms with Crippen molar-refractivity contribution in [1.29, 1.82) is 0 Å². The molecule has 2 heterocycles. The van der Waals surface area contributed by atoms with E-state index in [4.69, 9.17) is 0 Å². The molecule has 0 saturated heterocycles. The van der Waals surface area contributed by atoms with E-state index in [0.29, 0.717) is 23.4 Å². The summed E-state index contributed by atoms with van der Waals surface area (Å²) >= 11 is 0. The van der Waals surface area contributed by atoms with Crippen molar-refractivity contribution in [1.82, 2.24) is 4.98 Å². The minimum atomic E-state index is -0.375. The van der Waals surface area contributed by atoms with Gasteiger partial charge in [-0.3, -0.25) is 9.78 Å². The van der Waals surface area contributed by atoms with Gasteiger partial charge in [0.2, 0.25) is 0 Å². The van der Waals surface area contributed by atoms with Crippen LogP contribution >= 0.6 is 0 Å². The van der Waals surface area contributed by atoms with Crippen LogP contribution in [0, 0.1) is 5.82 Å². The molecule has 2 aromatic carbocycles. The van der Waals surface area contributed by atoms with Gasteiger partial charge in [0.15, 0.2) is 0 Å². The lowest BCUT2D eigenvalue weighted by Crippen LogP contribution is -2.05. The van der Waals surface area contributed by atoms with Crippen molar-refractivity contribution in [3.63, 3.8) is 0 Å². The van der Waals surface area contributed by atoms with Gasteiger partial charge in [-0.15, -0.1) is 0 Å². The van der Waals surface area contributed by atoms with Crippen LogP contribution in [0.2, 0.25) is 0 Å². The van der Waals surface area contributed by atoms with Gasteiger partial charge in [-0.05, 0) is 54.1 Å². The maximum atomic E-state index is 13.5. The molecule has 1 aliphatic heterocycles. The molecule has 0 fully saturated rings. The Morgan fingerprint density at radius 2 is 1.89 bits per heavy atom. The highest BCUT2D eigenvalue weighted by Crippen LogP contribution is 2.32. The van der Waals surface area contributed by atoms with Crippen LogP contribution in [0.4, 0.5) is 21.5 Å². The number of hydrogen-bond acceptors (Lipinski definition) is 4. The quantitative estimate of drug-likeness (QED) is 0.596. The predicted molar refractivity (Wildman–Crippen MR) is 105 cm³/mol. The zero-order valence-corrected chi connectivity index (χ0v) is 14.4. The monoisotopic (exact) mass is 360 g/mol. The van der Waals surface area contributed by atoms with E-state index in [1.165, 1.54) is 12.1 Å². The molecule has 0 aliphatic carbocycles. The Morgan fingerprint density at radius 1 is 1.07 bits per heavy atom. The number of benzene rings is 2. The third kappa shape index (κ3) is 3.79. The van der Waals surface area contributed by atoms with Crippen LogP contribution in [0.1, 0.15) is 11.1 Å². The van der Waals surface area contributed by atoms with Crippen molar-refractivity contribution in [3.05, 3.63) is 90.1 Å². The van der Waals surface area contributed by atoms with E-state index < -0.39 is 0 Å². The molecule has 3 aromatic rings. The lowest BCUT2D eigenvalue weighted by molar-refractivity contribution is -0.110. The Balaban J connectivity index is 1.43. The van der Waals surface area contributed by atoms with Gasteiger partial charge in [0.25, 0.3) is 5.91 Å². The number of carbonyl (C=O) groups excluding carboxylic acids is 1. The Labute approximate surface area is 156 Å². The second kappa shape index (κ2) is 7.29. The number of halogens is 1. The minimum absolute atomic E-state index is 0.252. The lowest BCUT2D eigenvalue weighted by Gasteiger charge is -2.08. The molecule has 0 bridgehead atoms. The number of carbonyl (C=O) groups is 1. The van der Waals surface area contributed by atoms with E-state index in [9.17, 15) is 9.18 Å². The van der Waals surface area contributed by atoms with E-state index in [0.717, 1.165) is 16.9 Å². The Bertz CT molecular complexity index is 1000. The molecule has 134 valence electrons. The fourth-order valence-electron chi connectivity index (χ4n) is 2.85. The molecule has 0 unspecified atom stereocenters. The number of anilines is 3. The van der Waals surface area contributed by atoms with Crippen molar-refractivity contribution in [2.45, 2.75) is 6.54 Å². The topological polar surface area (TPSA) is 66.1 Å². The molecular weight excluding hydrogens is 343 g/mol. The van der Waals surface area contributed by atoms with Gasteiger partial charge < -0.3 is 16.0 Å².